The van der Waals surface area contributed by atoms with Crippen LogP contribution in [0, 0.1) is 24.7 Å². The van der Waals surface area contributed by atoms with Gasteiger partial charge in [-0.05, 0) is 0 Å². The molecule has 11 heavy (non-hydrogen) atoms. The van der Waals surface area contributed by atoms with Gasteiger partial charge in [0.25, 0.3) is 0 Å². The molecule has 0 aromatic carbocycles. The molecule has 0 aliphatic carbocycles. The molecular weight excluding hydrogens is 172 g/mol. The predicted octanol–water partition coefficient (Wildman–Crippen LogP) is 2.11. The van der Waals surface area contributed by atoms with Crippen LogP contribution >= 0.6 is 23.5 Å². The topological polar surface area (TPSA) is 0 Å². The van der Waals surface area contributed by atoms with E-state index in [2.05, 4.69) is 18.8 Å². The summed E-state index contributed by atoms with van der Waals surface area (Å²) in [5.74, 6) is 7.90. The van der Waals surface area contributed by atoms with Gasteiger partial charge in [0.05, 0.1) is 11.5 Å². The maximum atomic E-state index is 5.12. The van der Waals surface area contributed by atoms with Crippen LogP contribution in [0.15, 0.2) is 0 Å². The van der Waals surface area contributed by atoms with E-state index in [1.807, 2.05) is 0 Å². The maximum Gasteiger partial charge on any atom is 0.0547 e. The highest BCUT2D eigenvalue weighted by molar-refractivity contribution is 8.03. The lowest BCUT2D eigenvalue weighted by Crippen LogP contribution is -2.00. The molecule has 1 unspecified atom stereocenters. The van der Waals surface area contributed by atoms with Gasteiger partial charge in [0.2, 0.25) is 0 Å². The van der Waals surface area contributed by atoms with Crippen molar-refractivity contribution in [2.75, 3.05) is 17.3 Å². The van der Waals surface area contributed by atoms with E-state index < -0.39 is 0 Å². The lowest BCUT2D eigenvalue weighted by Gasteiger charge is -2.06. The molecule has 0 nitrogen and oxygen atoms in total. The molecule has 0 aliphatic rings. The molecule has 0 spiro atoms. The van der Waals surface area contributed by atoms with E-state index in [0.29, 0.717) is 5.25 Å². The Morgan fingerprint density at radius 1 is 1.27 bits per heavy atom. The van der Waals surface area contributed by atoms with Crippen LogP contribution in [0.25, 0.3) is 0 Å². The molecule has 0 aromatic rings. The van der Waals surface area contributed by atoms with Gasteiger partial charge in [-0.1, -0.05) is 18.8 Å². The predicted molar refractivity (Wildman–Crippen MR) is 56.9 cm³/mol. The van der Waals surface area contributed by atoms with Gasteiger partial charge < -0.3 is 0 Å². The van der Waals surface area contributed by atoms with E-state index in [1.165, 1.54) is 0 Å². The molecule has 0 fully saturated rings. The Hall–Kier alpha value is -0.180. The van der Waals surface area contributed by atoms with Crippen molar-refractivity contribution in [2.45, 2.75) is 12.2 Å². The van der Waals surface area contributed by atoms with Gasteiger partial charge in [0.1, 0.15) is 0 Å². The van der Waals surface area contributed by atoms with Gasteiger partial charge in [0, 0.05) is 11.0 Å². The zero-order chi connectivity index (χ0) is 8.53. The van der Waals surface area contributed by atoms with Crippen LogP contribution in [0.4, 0.5) is 0 Å². The average molecular weight is 184 g/mol. The fraction of sp³-hybridized carbons (Fsp3) is 0.556. The van der Waals surface area contributed by atoms with Crippen molar-refractivity contribution in [3.8, 4) is 24.7 Å². The van der Waals surface area contributed by atoms with Gasteiger partial charge >= 0.3 is 0 Å². The minimum Gasteiger partial charge on any atom is -0.148 e. The second kappa shape index (κ2) is 7.92. The van der Waals surface area contributed by atoms with E-state index in [9.17, 15) is 0 Å². The molecule has 0 radical (unpaired) electrons. The summed E-state index contributed by atoms with van der Waals surface area (Å²) in [6, 6.07) is 0. The van der Waals surface area contributed by atoms with Gasteiger partial charge in [-0.15, -0.1) is 36.4 Å². The summed E-state index contributed by atoms with van der Waals surface area (Å²) < 4.78 is 0. The molecule has 1 atom stereocenters. The lowest BCUT2D eigenvalue weighted by atomic mass is 10.6. The zero-order valence-electron chi connectivity index (χ0n) is 6.67. The minimum absolute atomic E-state index is 0.615. The Morgan fingerprint density at radius 3 is 2.45 bits per heavy atom. The largest absolute Gasteiger partial charge is 0.148 e. The van der Waals surface area contributed by atoms with Gasteiger partial charge in [-0.3, -0.25) is 0 Å². The van der Waals surface area contributed by atoms with Crippen LogP contribution in [-0.2, 0) is 0 Å². The third kappa shape index (κ3) is 7.72. The molecule has 0 heterocycles. The van der Waals surface area contributed by atoms with Crippen molar-refractivity contribution in [1.82, 2.24) is 0 Å². The summed E-state index contributed by atoms with van der Waals surface area (Å²) in [5.41, 5.74) is 0. The van der Waals surface area contributed by atoms with E-state index in [4.69, 9.17) is 12.8 Å². The zero-order valence-corrected chi connectivity index (χ0v) is 8.30. The second-order valence-corrected chi connectivity index (χ2v) is 4.50. The fourth-order valence-corrected chi connectivity index (χ4v) is 2.14. The maximum absolute atomic E-state index is 5.12. The summed E-state index contributed by atoms with van der Waals surface area (Å²) in [4.78, 5) is 0. The van der Waals surface area contributed by atoms with Crippen molar-refractivity contribution in [2.24, 2.45) is 0 Å². The molecule has 0 amide bonds. The minimum atomic E-state index is 0.615. The second-order valence-electron chi connectivity index (χ2n) is 2.04. The number of rotatable bonds is 5. The normalized spacial score (nSPS) is 11.5. The molecule has 0 bridgehead atoms. The Balaban J connectivity index is 3.18. The first-order chi connectivity index (χ1) is 5.31. The average Bonchev–Trinajstić information content (AvgIpc) is 2.01. The van der Waals surface area contributed by atoms with Crippen LogP contribution in [0.5, 0.6) is 0 Å². The first-order valence-corrected chi connectivity index (χ1v) is 5.58. The summed E-state index contributed by atoms with van der Waals surface area (Å²) in [6.45, 7) is 2.17. The number of terminal acetylenes is 2. The summed E-state index contributed by atoms with van der Waals surface area (Å²) in [5, 5.41) is 0.615. The van der Waals surface area contributed by atoms with Gasteiger partial charge in [-0.25, -0.2) is 0 Å². The number of hydrogen-bond donors (Lipinski definition) is 0. The van der Waals surface area contributed by atoms with Gasteiger partial charge in [-0.2, -0.15) is 0 Å². The molecule has 60 valence electrons. The van der Waals surface area contributed by atoms with Crippen LogP contribution in [0.3, 0.4) is 0 Å². The molecule has 0 aromatic heterocycles. The standard InChI is InChI=1S/C9H12S2/c1-4-6-10-8-9(3)11-7-5-2/h1-2,9H,6-8H2,3H3. The van der Waals surface area contributed by atoms with Crippen LogP contribution in [-0.4, -0.2) is 22.5 Å². The van der Waals surface area contributed by atoms with E-state index in [0.717, 1.165) is 17.3 Å². The monoisotopic (exact) mass is 184 g/mol. The third-order valence-corrected chi connectivity index (χ3v) is 3.38. The Kier molecular flexibility index (Phi) is 7.79. The molecular formula is C9H12S2. The molecule has 0 saturated heterocycles. The number of thioether (sulfide) groups is 2. The van der Waals surface area contributed by atoms with Crippen molar-refractivity contribution in [3.05, 3.63) is 0 Å². The summed E-state index contributed by atoms with van der Waals surface area (Å²) in [7, 11) is 0. The van der Waals surface area contributed by atoms with Crippen molar-refractivity contribution >= 4 is 23.5 Å². The lowest BCUT2D eigenvalue weighted by molar-refractivity contribution is 1.13. The van der Waals surface area contributed by atoms with Crippen LogP contribution in [0.2, 0.25) is 0 Å². The SMILES string of the molecule is C#CCSCC(C)SCC#C. The molecule has 0 saturated carbocycles. The first-order valence-electron chi connectivity index (χ1n) is 3.37. The highest BCUT2D eigenvalue weighted by Gasteiger charge is 1.99. The molecule has 2 heteroatoms. The molecule has 0 rings (SSSR count). The highest BCUT2D eigenvalue weighted by atomic mass is 32.2. The molecule has 0 aliphatic heterocycles. The first kappa shape index (κ1) is 10.8. The van der Waals surface area contributed by atoms with Crippen molar-refractivity contribution in [3.63, 3.8) is 0 Å². The number of hydrogen-bond acceptors (Lipinski definition) is 2. The smallest absolute Gasteiger partial charge is 0.0547 e. The van der Waals surface area contributed by atoms with Crippen molar-refractivity contribution in [1.29, 1.82) is 0 Å². The fourth-order valence-electron chi connectivity index (χ4n) is 0.522. The summed E-state index contributed by atoms with van der Waals surface area (Å²) in [6.07, 6.45) is 10.2. The van der Waals surface area contributed by atoms with Crippen molar-refractivity contribution < 1.29 is 0 Å². The third-order valence-electron chi connectivity index (χ3n) is 0.989. The molecule has 0 N–H and O–H groups in total. The van der Waals surface area contributed by atoms with E-state index in [-0.39, 0.29) is 0 Å². The van der Waals surface area contributed by atoms with Crippen LogP contribution < -0.4 is 0 Å². The van der Waals surface area contributed by atoms with E-state index in [1.54, 1.807) is 23.5 Å². The Morgan fingerprint density at radius 2 is 1.91 bits per heavy atom. The Labute approximate surface area is 77.9 Å². The van der Waals surface area contributed by atoms with E-state index >= 15 is 0 Å². The Bertz CT molecular complexity index is 161. The van der Waals surface area contributed by atoms with Gasteiger partial charge in [0.15, 0.2) is 0 Å². The quantitative estimate of drug-likeness (QED) is 0.474. The van der Waals surface area contributed by atoms with Crippen LogP contribution in [0.1, 0.15) is 6.92 Å². The highest BCUT2D eigenvalue weighted by Crippen LogP contribution is 2.14. The summed E-state index contributed by atoms with van der Waals surface area (Å²) >= 11 is 3.59.